The van der Waals surface area contributed by atoms with Gasteiger partial charge in [0.15, 0.2) is 0 Å². The van der Waals surface area contributed by atoms with E-state index in [9.17, 15) is 14.4 Å². The summed E-state index contributed by atoms with van der Waals surface area (Å²) in [5.41, 5.74) is 10.8. The molecule has 3 amide bonds. The number of nitrogens with two attached hydrogens (primary N) is 1. The maximum absolute atomic E-state index is 12.2. The highest BCUT2D eigenvalue weighted by molar-refractivity contribution is 5.93. The molecular formula is C28H28N3O5. The van der Waals surface area contributed by atoms with Crippen molar-refractivity contribution in [1.29, 1.82) is 0 Å². The maximum Gasteiger partial charge on any atom is 0.407 e. The van der Waals surface area contributed by atoms with Gasteiger partial charge in [0.25, 0.3) is 0 Å². The SMILES string of the molecule is NC(=O)[C@H]([CH]C(=O)NCCNC(=O)OCC1c2ccccc2-c2ccccc21)OCc1ccccc1. The molecule has 0 heterocycles. The molecule has 36 heavy (non-hydrogen) atoms. The lowest BCUT2D eigenvalue weighted by Crippen LogP contribution is -2.40. The Bertz CT molecular complexity index is 1170. The molecular weight excluding hydrogens is 458 g/mol. The van der Waals surface area contributed by atoms with Crippen LogP contribution in [0.25, 0.3) is 11.1 Å². The second-order valence-electron chi connectivity index (χ2n) is 8.33. The zero-order valence-corrected chi connectivity index (χ0v) is 19.7. The largest absolute Gasteiger partial charge is 0.449 e. The molecule has 3 aromatic carbocycles. The summed E-state index contributed by atoms with van der Waals surface area (Å²) >= 11 is 0. The molecule has 0 aliphatic heterocycles. The van der Waals surface area contributed by atoms with Crippen LogP contribution in [0.5, 0.6) is 0 Å². The van der Waals surface area contributed by atoms with E-state index in [2.05, 4.69) is 34.9 Å². The lowest BCUT2D eigenvalue weighted by Gasteiger charge is -2.15. The fourth-order valence-corrected chi connectivity index (χ4v) is 4.17. The Labute approximate surface area is 209 Å². The summed E-state index contributed by atoms with van der Waals surface area (Å²) < 4.78 is 10.9. The first kappa shape index (κ1) is 24.9. The van der Waals surface area contributed by atoms with Gasteiger partial charge in [-0.2, -0.15) is 0 Å². The van der Waals surface area contributed by atoms with Crippen LogP contribution in [0.2, 0.25) is 0 Å². The van der Waals surface area contributed by atoms with Crippen LogP contribution in [-0.4, -0.2) is 43.7 Å². The molecule has 4 N–H and O–H groups in total. The molecule has 185 valence electrons. The Kier molecular flexibility index (Phi) is 8.31. The molecule has 0 bridgehead atoms. The standard InChI is InChI=1S/C28H28N3O5/c29-27(33)25(35-17-19-8-2-1-3-9-19)16-26(32)30-14-15-31-28(34)36-18-24-22-12-6-4-10-20(22)21-11-5-7-13-23(21)24/h1-13,16,24-25H,14-15,17-18H2,(H2,29,33)(H,30,32)(H,31,34)/t25-/m0/s1. The van der Waals surface area contributed by atoms with Gasteiger partial charge in [0, 0.05) is 19.0 Å². The van der Waals surface area contributed by atoms with Crippen LogP contribution in [-0.2, 0) is 25.7 Å². The second-order valence-corrected chi connectivity index (χ2v) is 8.33. The average Bonchev–Trinajstić information content (AvgIpc) is 3.22. The van der Waals surface area contributed by atoms with Gasteiger partial charge in [0.2, 0.25) is 11.8 Å². The average molecular weight is 487 g/mol. The Morgan fingerprint density at radius 3 is 2.06 bits per heavy atom. The first-order valence-corrected chi connectivity index (χ1v) is 11.7. The van der Waals surface area contributed by atoms with E-state index < -0.39 is 24.0 Å². The number of primary amides is 1. The van der Waals surface area contributed by atoms with Gasteiger partial charge in [-0.15, -0.1) is 0 Å². The molecule has 1 radical (unpaired) electrons. The van der Waals surface area contributed by atoms with Crippen LogP contribution in [0.15, 0.2) is 78.9 Å². The third-order valence-corrected chi connectivity index (χ3v) is 5.89. The van der Waals surface area contributed by atoms with Crippen molar-refractivity contribution in [3.63, 3.8) is 0 Å². The van der Waals surface area contributed by atoms with Crippen molar-refractivity contribution in [1.82, 2.24) is 10.6 Å². The van der Waals surface area contributed by atoms with E-state index in [1.165, 1.54) is 0 Å². The van der Waals surface area contributed by atoms with Gasteiger partial charge >= 0.3 is 6.09 Å². The van der Waals surface area contributed by atoms with Crippen LogP contribution >= 0.6 is 0 Å². The van der Waals surface area contributed by atoms with Gasteiger partial charge in [0.05, 0.1) is 13.0 Å². The highest BCUT2D eigenvalue weighted by atomic mass is 16.5. The molecule has 1 aliphatic carbocycles. The molecule has 0 unspecified atom stereocenters. The van der Waals surface area contributed by atoms with Gasteiger partial charge in [-0.3, -0.25) is 9.59 Å². The summed E-state index contributed by atoms with van der Waals surface area (Å²) in [5.74, 6) is -1.32. The van der Waals surface area contributed by atoms with Gasteiger partial charge in [-0.05, 0) is 27.8 Å². The van der Waals surface area contributed by atoms with Crippen molar-refractivity contribution >= 4 is 17.9 Å². The van der Waals surface area contributed by atoms with E-state index in [4.69, 9.17) is 15.2 Å². The minimum Gasteiger partial charge on any atom is -0.449 e. The number of fused-ring (bicyclic) bond motifs is 3. The molecule has 0 saturated carbocycles. The molecule has 8 nitrogen and oxygen atoms in total. The lowest BCUT2D eigenvalue weighted by molar-refractivity contribution is -0.131. The molecule has 3 aromatic rings. The zero-order chi connectivity index (χ0) is 25.3. The van der Waals surface area contributed by atoms with Crippen LogP contribution in [0.3, 0.4) is 0 Å². The van der Waals surface area contributed by atoms with Crippen LogP contribution in [0.4, 0.5) is 4.79 Å². The van der Waals surface area contributed by atoms with Gasteiger partial charge in [-0.25, -0.2) is 4.79 Å². The molecule has 1 aliphatic rings. The smallest absolute Gasteiger partial charge is 0.407 e. The number of carbonyl (C=O) groups is 3. The fourth-order valence-electron chi connectivity index (χ4n) is 4.17. The first-order chi connectivity index (χ1) is 17.5. The molecule has 0 aromatic heterocycles. The Morgan fingerprint density at radius 2 is 1.42 bits per heavy atom. The highest BCUT2D eigenvalue weighted by Crippen LogP contribution is 2.44. The summed E-state index contributed by atoms with van der Waals surface area (Å²) in [7, 11) is 0. The minimum atomic E-state index is -1.17. The number of alkyl carbamates (subject to hydrolysis) is 1. The van der Waals surface area contributed by atoms with Crippen molar-refractivity contribution in [2.45, 2.75) is 18.6 Å². The summed E-state index contributed by atoms with van der Waals surface area (Å²) in [6.07, 6.45) is -0.657. The number of benzene rings is 3. The molecule has 0 fully saturated rings. The zero-order valence-electron chi connectivity index (χ0n) is 19.7. The third kappa shape index (κ3) is 6.28. The van der Waals surface area contributed by atoms with Crippen molar-refractivity contribution < 1.29 is 23.9 Å². The van der Waals surface area contributed by atoms with Gasteiger partial charge in [0.1, 0.15) is 12.7 Å². The Balaban J connectivity index is 1.17. The number of carbonyl (C=O) groups excluding carboxylic acids is 3. The van der Waals surface area contributed by atoms with Gasteiger partial charge < -0.3 is 25.8 Å². The van der Waals surface area contributed by atoms with E-state index in [1.807, 2.05) is 54.6 Å². The summed E-state index contributed by atoms with van der Waals surface area (Å²) in [6.45, 7) is 0.646. The Hall–Kier alpha value is -4.17. The number of amides is 3. The first-order valence-electron chi connectivity index (χ1n) is 11.7. The van der Waals surface area contributed by atoms with Crippen LogP contribution < -0.4 is 16.4 Å². The summed E-state index contributed by atoms with van der Waals surface area (Å²) in [4.78, 5) is 36.0. The van der Waals surface area contributed by atoms with Crippen molar-refractivity contribution in [2.75, 3.05) is 19.7 Å². The van der Waals surface area contributed by atoms with E-state index in [1.54, 1.807) is 0 Å². The van der Waals surface area contributed by atoms with E-state index in [0.29, 0.717) is 0 Å². The highest BCUT2D eigenvalue weighted by Gasteiger charge is 2.29. The number of hydrogen-bond donors (Lipinski definition) is 3. The molecule has 1 atom stereocenters. The Morgan fingerprint density at radius 1 is 0.833 bits per heavy atom. The van der Waals surface area contributed by atoms with Crippen molar-refractivity contribution in [2.24, 2.45) is 5.73 Å². The molecule has 0 saturated heterocycles. The number of ether oxygens (including phenoxy) is 2. The van der Waals surface area contributed by atoms with Crippen molar-refractivity contribution in [3.8, 4) is 11.1 Å². The predicted molar refractivity (Wildman–Crippen MR) is 135 cm³/mol. The molecule has 8 heteroatoms. The third-order valence-electron chi connectivity index (χ3n) is 5.89. The number of nitrogens with one attached hydrogen (secondary N) is 2. The molecule has 4 rings (SSSR count). The summed E-state index contributed by atoms with van der Waals surface area (Å²) in [6, 6.07) is 25.4. The predicted octanol–water partition coefficient (Wildman–Crippen LogP) is 2.92. The minimum absolute atomic E-state index is 0.0286. The second kappa shape index (κ2) is 12.0. The number of hydrogen-bond acceptors (Lipinski definition) is 5. The normalized spacial score (nSPS) is 12.8. The van der Waals surface area contributed by atoms with E-state index >= 15 is 0 Å². The summed E-state index contributed by atoms with van der Waals surface area (Å²) in [5, 5.41) is 5.21. The lowest BCUT2D eigenvalue weighted by atomic mass is 9.98. The number of rotatable bonds is 11. The van der Waals surface area contributed by atoms with Crippen molar-refractivity contribution in [3.05, 3.63) is 102 Å². The maximum atomic E-state index is 12.2. The quantitative estimate of drug-likeness (QED) is 0.360. The van der Waals surface area contributed by atoms with Gasteiger partial charge in [-0.1, -0.05) is 78.9 Å². The fraction of sp³-hybridized carbons (Fsp3) is 0.214. The van der Waals surface area contributed by atoms with E-state index in [0.717, 1.165) is 34.2 Å². The molecule has 0 spiro atoms. The van der Waals surface area contributed by atoms with E-state index in [-0.39, 0.29) is 32.2 Å². The topological polar surface area (TPSA) is 120 Å². The monoisotopic (exact) mass is 486 g/mol. The van der Waals surface area contributed by atoms with Crippen LogP contribution in [0.1, 0.15) is 22.6 Å². The van der Waals surface area contributed by atoms with Crippen LogP contribution in [0, 0.1) is 6.42 Å².